The first-order valence-corrected chi connectivity index (χ1v) is 10.8. The van der Waals surface area contributed by atoms with E-state index in [1.807, 2.05) is 69.3 Å². The highest BCUT2D eigenvalue weighted by Gasteiger charge is 2.41. The third-order valence-corrected chi connectivity index (χ3v) is 5.66. The van der Waals surface area contributed by atoms with Crippen molar-refractivity contribution in [2.24, 2.45) is 0 Å². The Kier molecular flexibility index (Phi) is 6.18. The van der Waals surface area contributed by atoms with Crippen LogP contribution in [-0.2, 0) is 9.59 Å². The van der Waals surface area contributed by atoms with Gasteiger partial charge in [-0.1, -0.05) is 36.4 Å². The van der Waals surface area contributed by atoms with Crippen LogP contribution < -0.4 is 19.7 Å². The Balaban J connectivity index is 1.87. The molecule has 1 heterocycles. The number of benzene rings is 3. The van der Waals surface area contributed by atoms with Crippen LogP contribution in [0.5, 0.6) is 11.5 Å². The topological polar surface area (TPSA) is 67.9 Å². The minimum atomic E-state index is -0.435. The van der Waals surface area contributed by atoms with Gasteiger partial charge in [-0.15, -0.1) is 0 Å². The van der Waals surface area contributed by atoms with E-state index >= 15 is 0 Å². The van der Waals surface area contributed by atoms with Gasteiger partial charge in [0.25, 0.3) is 11.8 Å². The highest BCUT2D eigenvalue weighted by atomic mass is 16.5. The van der Waals surface area contributed by atoms with E-state index in [2.05, 4.69) is 5.32 Å². The minimum absolute atomic E-state index is 0.176. The summed E-state index contributed by atoms with van der Waals surface area (Å²) in [5, 5.41) is 3.19. The quantitative estimate of drug-likeness (QED) is 0.515. The highest BCUT2D eigenvalue weighted by Crippen LogP contribution is 2.38. The molecule has 0 spiro atoms. The molecule has 6 heteroatoms. The highest BCUT2D eigenvalue weighted by molar-refractivity contribution is 6.46. The minimum Gasteiger partial charge on any atom is -0.496 e. The third-order valence-electron chi connectivity index (χ3n) is 5.66. The first-order valence-electron chi connectivity index (χ1n) is 10.8. The predicted molar refractivity (Wildman–Crippen MR) is 130 cm³/mol. The molecule has 3 aromatic rings. The Morgan fingerprint density at radius 2 is 1.55 bits per heavy atom. The van der Waals surface area contributed by atoms with E-state index in [0.29, 0.717) is 35.0 Å². The number of hydrogen-bond acceptors (Lipinski definition) is 5. The normalized spacial score (nSPS) is 13.5. The summed E-state index contributed by atoms with van der Waals surface area (Å²) in [6, 6.07) is 20.1. The molecular weight excluding hydrogens is 416 g/mol. The number of nitrogens with zero attached hydrogens (tertiary/aromatic N) is 1. The van der Waals surface area contributed by atoms with E-state index in [1.165, 1.54) is 4.90 Å². The van der Waals surface area contributed by atoms with Crippen LogP contribution in [0.25, 0.3) is 5.57 Å². The molecule has 1 aliphatic heterocycles. The zero-order chi connectivity index (χ0) is 23.5. The van der Waals surface area contributed by atoms with Crippen LogP contribution >= 0.6 is 0 Å². The van der Waals surface area contributed by atoms with Gasteiger partial charge in [0.1, 0.15) is 17.2 Å². The fourth-order valence-electron chi connectivity index (χ4n) is 3.83. The zero-order valence-electron chi connectivity index (χ0n) is 19.1. The lowest BCUT2D eigenvalue weighted by Gasteiger charge is -2.17. The Bertz CT molecular complexity index is 1260. The summed E-state index contributed by atoms with van der Waals surface area (Å²) in [6.45, 7) is 6.31. The number of hydrogen-bond donors (Lipinski definition) is 1. The fraction of sp³-hybridized carbons (Fsp3) is 0.185. The van der Waals surface area contributed by atoms with Gasteiger partial charge in [-0.2, -0.15) is 0 Å². The number of para-hydroxylation sites is 3. The second-order valence-corrected chi connectivity index (χ2v) is 7.72. The summed E-state index contributed by atoms with van der Waals surface area (Å²) >= 11 is 0. The van der Waals surface area contributed by atoms with Crippen LogP contribution in [0, 0.1) is 13.8 Å². The number of anilines is 2. The van der Waals surface area contributed by atoms with Crippen molar-refractivity contribution in [1.29, 1.82) is 0 Å². The van der Waals surface area contributed by atoms with Gasteiger partial charge in [-0.25, -0.2) is 4.90 Å². The summed E-state index contributed by atoms with van der Waals surface area (Å²) in [4.78, 5) is 28.6. The summed E-state index contributed by atoms with van der Waals surface area (Å²) in [7, 11) is 1.54. The van der Waals surface area contributed by atoms with Crippen molar-refractivity contribution in [2.45, 2.75) is 20.8 Å². The second kappa shape index (κ2) is 9.20. The molecule has 2 amide bonds. The Labute approximate surface area is 193 Å². The average Bonchev–Trinajstić information content (AvgIpc) is 3.06. The summed E-state index contributed by atoms with van der Waals surface area (Å²) < 4.78 is 11.2. The largest absolute Gasteiger partial charge is 0.496 e. The molecule has 0 aromatic heterocycles. The maximum atomic E-state index is 13.7. The Hall–Kier alpha value is -4.06. The van der Waals surface area contributed by atoms with E-state index in [9.17, 15) is 9.59 Å². The van der Waals surface area contributed by atoms with Crippen LogP contribution in [-0.4, -0.2) is 25.5 Å². The second-order valence-electron chi connectivity index (χ2n) is 7.72. The summed E-state index contributed by atoms with van der Waals surface area (Å²) in [5.74, 6) is 0.254. The standard InChI is InChI=1S/C27H26N2O4/c1-5-33-23-13-9-7-11-21(23)28-25-24(20-10-6-8-12-22(20)32-4)26(30)29(27(25)31)19-15-14-17(2)18(3)16-19/h6-16,28H,5H2,1-4H3. The number of nitrogens with one attached hydrogen (secondary N) is 1. The molecule has 0 fully saturated rings. The molecule has 4 rings (SSSR count). The third kappa shape index (κ3) is 4.07. The van der Waals surface area contributed by atoms with Gasteiger partial charge < -0.3 is 14.8 Å². The molecule has 0 saturated heterocycles. The van der Waals surface area contributed by atoms with E-state index in [1.54, 1.807) is 25.3 Å². The maximum absolute atomic E-state index is 13.7. The maximum Gasteiger partial charge on any atom is 0.282 e. The summed E-state index contributed by atoms with van der Waals surface area (Å²) in [5.41, 5.74) is 4.17. The van der Waals surface area contributed by atoms with Gasteiger partial charge in [0.2, 0.25) is 0 Å². The lowest BCUT2D eigenvalue weighted by molar-refractivity contribution is -0.120. The molecule has 0 unspecified atom stereocenters. The Morgan fingerprint density at radius 3 is 2.24 bits per heavy atom. The number of aryl methyl sites for hydroxylation is 2. The van der Waals surface area contributed by atoms with Gasteiger partial charge in [0.15, 0.2) is 0 Å². The van der Waals surface area contributed by atoms with Crippen molar-refractivity contribution in [3.63, 3.8) is 0 Å². The van der Waals surface area contributed by atoms with Gasteiger partial charge in [0, 0.05) is 5.56 Å². The van der Waals surface area contributed by atoms with Crippen molar-refractivity contribution < 1.29 is 19.1 Å². The fourth-order valence-corrected chi connectivity index (χ4v) is 3.83. The average molecular weight is 443 g/mol. The molecule has 168 valence electrons. The van der Waals surface area contributed by atoms with Gasteiger partial charge >= 0.3 is 0 Å². The molecule has 0 radical (unpaired) electrons. The zero-order valence-corrected chi connectivity index (χ0v) is 19.1. The molecule has 33 heavy (non-hydrogen) atoms. The molecule has 0 atom stereocenters. The molecule has 1 aliphatic rings. The first-order chi connectivity index (χ1) is 16.0. The molecule has 0 aliphatic carbocycles. The van der Waals surface area contributed by atoms with Crippen molar-refractivity contribution in [3.8, 4) is 11.5 Å². The van der Waals surface area contributed by atoms with Crippen LogP contribution in [0.3, 0.4) is 0 Å². The molecule has 6 nitrogen and oxygen atoms in total. The number of ether oxygens (including phenoxy) is 2. The van der Waals surface area contributed by atoms with Gasteiger partial charge in [0.05, 0.1) is 30.7 Å². The molecule has 3 aromatic carbocycles. The lowest BCUT2D eigenvalue weighted by Crippen LogP contribution is -2.32. The number of methoxy groups -OCH3 is 1. The summed E-state index contributed by atoms with van der Waals surface area (Å²) in [6.07, 6.45) is 0. The number of carbonyl (C=O) groups is 2. The van der Waals surface area contributed by atoms with Crippen LogP contribution in [0.2, 0.25) is 0 Å². The smallest absolute Gasteiger partial charge is 0.282 e. The number of rotatable bonds is 7. The van der Waals surface area contributed by atoms with Gasteiger partial charge in [-0.05, 0) is 62.2 Å². The van der Waals surface area contributed by atoms with Crippen molar-refractivity contribution >= 4 is 28.8 Å². The first kappa shape index (κ1) is 22.1. The molecule has 1 N–H and O–H groups in total. The van der Waals surface area contributed by atoms with Gasteiger partial charge in [-0.3, -0.25) is 9.59 Å². The van der Waals surface area contributed by atoms with Crippen LogP contribution in [0.4, 0.5) is 11.4 Å². The van der Waals surface area contributed by atoms with Crippen molar-refractivity contribution in [2.75, 3.05) is 23.9 Å². The van der Waals surface area contributed by atoms with E-state index in [0.717, 1.165) is 11.1 Å². The number of amides is 2. The molecule has 0 saturated carbocycles. The van der Waals surface area contributed by atoms with E-state index < -0.39 is 11.8 Å². The van der Waals surface area contributed by atoms with E-state index in [-0.39, 0.29) is 11.3 Å². The predicted octanol–water partition coefficient (Wildman–Crippen LogP) is 5.11. The SMILES string of the molecule is CCOc1ccccc1NC1=C(c2ccccc2OC)C(=O)N(c2ccc(C)c(C)c2)C1=O. The van der Waals surface area contributed by atoms with Crippen molar-refractivity contribution in [1.82, 2.24) is 0 Å². The monoisotopic (exact) mass is 442 g/mol. The number of carbonyl (C=O) groups excluding carboxylic acids is 2. The number of imide groups is 1. The molecular formula is C27H26N2O4. The van der Waals surface area contributed by atoms with E-state index in [4.69, 9.17) is 9.47 Å². The lowest BCUT2D eigenvalue weighted by atomic mass is 10.0. The molecule has 0 bridgehead atoms. The van der Waals surface area contributed by atoms with Crippen molar-refractivity contribution in [3.05, 3.63) is 89.1 Å². The van der Waals surface area contributed by atoms with Crippen LogP contribution in [0.15, 0.2) is 72.4 Å². The Morgan fingerprint density at radius 1 is 0.848 bits per heavy atom. The van der Waals surface area contributed by atoms with Crippen LogP contribution in [0.1, 0.15) is 23.6 Å².